The van der Waals surface area contributed by atoms with E-state index < -0.39 is 0 Å². The summed E-state index contributed by atoms with van der Waals surface area (Å²) in [4.78, 5) is 66.4. The largest absolute Gasteiger partial charge is 0.469 e. The maximum absolute atomic E-state index is 11.5. The van der Waals surface area contributed by atoms with Crippen LogP contribution in [0.5, 0.6) is 0 Å². The molecule has 6 fully saturated rings. The number of carbonyl (C=O) groups is 6. The summed E-state index contributed by atoms with van der Waals surface area (Å²) in [6.45, 7) is 26.4. The van der Waals surface area contributed by atoms with Gasteiger partial charge in [-0.3, -0.25) is 19.2 Å². The van der Waals surface area contributed by atoms with Gasteiger partial charge < -0.3 is 47.4 Å². The van der Waals surface area contributed by atoms with Gasteiger partial charge in [0, 0.05) is 25.4 Å². The molecule has 0 N–H and O–H groups in total. The second-order valence-electron chi connectivity index (χ2n) is 20.9. The highest BCUT2D eigenvalue weighted by atomic mass is 16.6. The van der Waals surface area contributed by atoms with Crippen LogP contribution in [0, 0.1) is 35.5 Å². The highest BCUT2D eigenvalue weighted by molar-refractivity contribution is 5.89. The lowest BCUT2D eigenvalue weighted by Gasteiger charge is -2.19. The molecule has 0 aromatic carbocycles. The predicted octanol–water partition coefficient (Wildman–Crippen LogP) is 10.0. The van der Waals surface area contributed by atoms with Crippen LogP contribution < -0.4 is 0 Å². The Labute approximate surface area is 433 Å². The van der Waals surface area contributed by atoms with E-state index in [1.165, 1.54) is 72.7 Å². The number of rotatable bonds is 25. The lowest BCUT2D eigenvalue weighted by Crippen LogP contribution is -2.25. The summed E-state index contributed by atoms with van der Waals surface area (Å²) < 4.78 is 50.5. The lowest BCUT2D eigenvalue weighted by atomic mass is 10.1. The predicted molar refractivity (Wildman–Crippen MR) is 274 cm³/mol. The van der Waals surface area contributed by atoms with Gasteiger partial charge in [-0.05, 0) is 182 Å². The van der Waals surface area contributed by atoms with Crippen LogP contribution in [0.1, 0.15) is 172 Å². The Bertz CT molecular complexity index is 1630. The minimum atomic E-state index is -0.252. The third-order valence-electron chi connectivity index (χ3n) is 11.9. The van der Waals surface area contributed by atoms with Crippen molar-refractivity contribution in [2.24, 2.45) is 35.5 Å². The zero-order valence-corrected chi connectivity index (χ0v) is 46.9. The van der Waals surface area contributed by atoms with Crippen LogP contribution in [0.25, 0.3) is 0 Å². The average molecular weight is 1030 g/mol. The molecule has 0 heterocycles. The van der Waals surface area contributed by atoms with E-state index in [-0.39, 0.29) is 90.8 Å². The quantitative estimate of drug-likeness (QED) is 0.0476. The van der Waals surface area contributed by atoms with Crippen LogP contribution in [0.15, 0.2) is 24.3 Å². The molecule has 6 saturated carbocycles. The fourth-order valence-corrected chi connectivity index (χ4v) is 7.17. The second-order valence-corrected chi connectivity index (χ2v) is 20.9. The van der Waals surface area contributed by atoms with E-state index in [0.717, 1.165) is 25.7 Å². The molecule has 6 aliphatic rings. The molecule has 16 heteroatoms. The van der Waals surface area contributed by atoms with E-state index in [9.17, 15) is 28.8 Å². The first kappa shape index (κ1) is 66.2. The SMILES string of the molecule is C=C(C(=O)OC(C)C)C1CC1.C=C(C(=O)OC)C1CC1.CC(C)OC(=O)CC(OC(C)C)C1CC1.COC(=O)CC(OC(C)C)C1CC1.COC(=O)CC(OC)C1CC1.COC(CC(=O)OC(C)C)C1CC1. The molecule has 0 aromatic heterocycles. The van der Waals surface area contributed by atoms with Gasteiger partial charge in [0.2, 0.25) is 0 Å². The highest BCUT2D eigenvalue weighted by Gasteiger charge is 2.37. The van der Waals surface area contributed by atoms with E-state index >= 15 is 0 Å². The second kappa shape index (κ2) is 35.4. The molecule has 0 amide bonds. The summed E-state index contributed by atoms with van der Waals surface area (Å²) in [7, 11) is 7.51. The minimum absolute atomic E-state index is 0.0239. The van der Waals surface area contributed by atoms with Gasteiger partial charge in [-0.15, -0.1) is 0 Å². The van der Waals surface area contributed by atoms with Crippen molar-refractivity contribution in [3.63, 3.8) is 0 Å². The molecular formula is C56H96O16. The van der Waals surface area contributed by atoms with E-state index in [2.05, 4.69) is 27.4 Å². The molecule has 72 heavy (non-hydrogen) atoms. The molecule has 0 spiro atoms. The molecule has 4 unspecified atom stereocenters. The standard InChI is InChI=1S/C12H22O3.2C10H18O3.C9H14O2.C8H14O3.C7H10O2/c1-8(2)14-11(10-5-6-10)7-12(13)15-9(3)4;1-7(2)13-9(8-4-5-8)6-10(11)12-3;1-7(2)13-10(11)6-9(12-3)8-4-5-8;1-6(2)11-9(10)7(3)8-4-5-8;1-10-7(6-3-4-6)5-8(9)11-2;1-5(6-3-4-6)7(8)9-2/h8-11H,5-7H2,1-4H3;2*7-9H,4-6H2,1-3H3;6,8H,3-5H2,1-2H3;6-7H,3-5H2,1-2H3;6H,1,3-4H2,2H3. The van der Waals surface area contributed by atoms with Crippen molar-refractivity contribution < 1.29 is 76.1 Å². The van der Waals surface area contributed by atoms with Gasteiger partial charge in [-0.2, -0.15) is 0 Å². The fraction of sp³-hybridized carbons (Fsp3) is 0.821. The molecule has 0 saturated heterocycles. The summed E-state index contributed by atoms with van der Waals surface area (Å²) in [5.74, 6) is 2.09. The van der Waals surface area contributed by atoms with Crippen molar-refractivity contribution >= 4 is 35.8 Å². The molecule has 6 rings (SSSR count). The Kier molecular flexibility index (Phi) is 32.5. The molecule has 6 aliphatic carbocycles. The summed E-state index contributed by atoms with van der Waals surface area (Å²) in [6, 6.07) is 0. The first-order valence-electron chi connectivity index (χ1n) is 26.4. The summed E-state index contributed by atoms with van der Waals surface area (Å²) in [5.41, 5.74) is 1.29. The smallest absolute Gasteiger partial charge is 0.333 e. The summed E-state index contributed by atoms with van der Waals surface area (Å²) in [6.07, 6.45) is 16.1. The van der Waals surface area contributed by atoms with E-state index in [1.54, 1.807) is 14.2 Å². The first-order valence-corrected chi connectivity index (χ1v) is 26.4. The van der Waals surface area contributed by atoms with Gasteiger partial charge >= 0.3 is 35.8 Å². The van der Waals surface area contributed by atoms with Crippen molar-refractivity contribution in [2.45, 2.75) is 227 Å². The number of ether oxygens (including phenoxy) is 10. The van der Waals surface area contributed by atoms with E-state index in [1.807, 2.05) is 69.2 Å². The van der Waals surface area contributed by atoms with Crippen LogP contribution in [-0.4, -0.2) is 126 Å². The Balaban J connectivity index is 0.000000435. The Morgan fingerprint density at radius 1 is 0.361 bits per heavy atom. The van der Waals surface area contributed by atoms with Gasteiger partial charge in [0.1, 0.15) is 0 Å². The van der Waals surface area contributed by atoms with Crippen molar-refractivity contribution in [2.75, 3.05) is 35.5 Å². The molecule has 0 radical (unpaired) electrons. The van der Waals surface area contributed by atoms with E-state index in [4.69, 9.17) is 33.2 Å². The van der Waals surface area contributed by atoms with Gasteiger partial charge in [0.25, 0.3) is 0 Å². The fourth-order valence-electron chi connectivity index (χ4n) is 7.17. The number of hydrogen-bond donors (Lipinski definition) is 0. The zero-order chi connectivity index (χ0) is 54.7. The first-order chi connectivity index (χ1) is 33.9. The van der Waals surface area contributed by atoms with Crippen molar-refractivity contribution in [1.29, 1.82) is 0 Å². The molecule has 0 bridgehead atoms. The monoisotopic (exact) mass is 1020 g/mol. The minimum Gasteiger partial charge on any atom is -0.469 e. The molecule has 4 atom stereocenters. The van der Waals surface area contributed by atoms with Crippen molar-refractivity contribution in [1.82, 2.24) is 0 Å². The van der Waals surface area contributed by atoms with Crippen LogP contribution in [-0.2, 0) is 76.1 Å². The number of esters is 6. The van der Waals surface area contributed by atoms with Crippen molar-refractivity contribution in [3.05, 3.63) is 24.3 Å². The van der Waals surface area contributed by atoms with Gasteiger partial charge in [-0.1, -0.05) is 13.2 Å². The number of hydrogen-bond acceptors (Lipinski definition) is 16. The normalized spacial score (nSPS) is 18.2. The number of carbonyl (C=O) groups excluding carboxylic acids is 6. The van der Waals surface area contributed by atoms with Crippen LogP contribution >= 0.6 is 0 Å². The topological polar surface area (TPSA) is 195 Å². The van der Waals surface area contributed by atoms with Crippen LogP contribution in [0.4, 0.5) is 0 Å². The van der Waals surface area contributed by atoms with Gasteiger partial charge in [-0.25, -0.2) is 9.59 Å². The van der Waals surface area contributed by atoms with Crippen LogP contribution in [0.2, 0.25) is 0 Å². The summed E-state index contributed by atoms with van der Waals surface area (Å²) in [5, 5.41) is 0. The zero-order valence-electron chi connectivity index (χ0n) is 46.9. The third-order valence-corrected chi connectivity index (χ3v) is 11.9. The van der Waals surface area contributed by atoms with Gasteiger partial charge in [0.05, 0.1) is 102 Å². The lowest BCUT2D eigenvalue weighted by molar-refractivity contribution is -0.152. The highest BCUT2D eigenvalue weighted by Crippen LogP contribution is 2.39. The molecule has 416 valence electrons. The van der Waals surface area contributed by atoms with Crippen LogP contribution in [0.3, 0.4) is 0 Å². The van der Waals surface area contributed by atoms with E-state index in [0.29, 0.717) is 72.3 Å². The van der Waals surface area contributed by atoms with Crippen molar-refractivity contribution in [3.8, 4) is 0 Å². The Morgan fingerprint density at radius 3 is 0.889 bits per heavy atom. The molecule has 0 aromatic rings. The molecular weight excluding hydrogens is 929 g/mol. The molecule has 16 nitrogen and oxygen atoms in total. The third kappa shape index (κ3) is 33.1. The van der Waals surface area contributed by atoms with Gasteiger partial charge in [0.15, 0.2) is 0 Å². The maximum atomic E-state index is 11.5. The number of methoxy groups -OCH3 is 5. The Morgan fingerprint density at radius 2 is 0.639 bits per heavy atom. The Hall–Kier alpha value is -3.86. The average Bonchev–Trinajstić information content (AvgIpc) is 4.09. The molecule has 0 aliphatic heterocycles. The summed E-state index contributed by atoms with van der Waals surface area (Å²) >= 11 is 0. The maximum Gasteiger partial charge on any atom is 0.333 e.